The highest BCUT2D eigenvalue weighted by molar-refractivity contribution is 7.18. The van der Waals surface area contributed by atoms with Crippen molar-refractivity contribution in [2.24, 2.45) is 0 Å². The molecule has 3 aromatic rings. The van der Waals surface area contributed by atoms with Crippen molar-refractivity contribution in [3.8, 4) is 0 Å². The molecule has 24 heavy (non-hydrogen) atoms. The van der Waals surface area contributed by atoms with Gasteiger partial charge in [0.1, 0.15) is 0 Å². The molecule has 3 aromatic carbocycles. The van der Waals surface area contributed by atoms with Crippen molar-refractivity contribution in [2.75, 3.05) is 0 Å². The second-order valence-corrected chi connectivity index (χ2v) is 6.24. The zero-order valence-electron chi connectivity index (χ0n) is 13.4. The minimum atomic E-state index is -0.717. The quantitative estimate of drug-likeness (QED) is 0.463. The van der Waals surface area contributed by atoms with Gasteiger partial charge in [-0.15, -0.1) is 0 Å². The van der Waals surface area contributed by atoms with Gasteiger partial charge in [0.05, 0.1) is 20.1 Å². The Morgan fingerprint density at radius 1 is 0.750 bits per heavy atom. The van der Waals surface area contributed by atoms with Gasteiger partial charge in [-0.25, -0.2) is 0 Å². The maximum atomic E-state index is 13.6. The standard InChI is InChI=1S/C22H19OP/c23-21(18-10-4-1-5-11-18)22(16-17-24,19-12-6-2-7-13-19)20-14-8-3-9-15-20/h1-15,17,24H,16H2/p+1. The minimum Gasteiger partial charge on any atom is -0.293 e. The summed E-state index contributed by atoms with van der Waals surface area (Å²) >= 11 is 0. The van der Waals surface area contributed by atoms with Crippen LogP contribution in [0.2, 0.25) is 0 Å². The summed E-state index contributed by atoms with van der Waals surface area (Å²) < 4.78 is 0. The Bertz CT molecular complexity index is 771. The molecule has 1 nitrogen and oxygen atoms in total. The molecule has 0 N–H and O–H groups in total. The smallest absolute Gasteiger partial charge is 0.178 e. The lowest BCUT2D eigenvalue weighted by molar-refractivity contribution is 0.0916. The Balaban J connectivity index is 2.27. The van der Waals surface area contributed by atoms with Crippen LogP contribution in [0.15, 0.2) is 91.0 Å². The van der Waals surface area contributed by atoms with E-state index in [9.17, 15) is 4.79 Å². The zero-order valence-corrected chi connectivity index (χ0v) is 14.6. The van der Waals surface area contributed by atoms with Crippen LogP contribution in [0.5, 0.6) is 0 Å². The van der Waals surface area contributed by atoms with Gasteiger partial charge in [-0.05, 0) is 11.1 Å². The van der Waals surface area contributed by atoms with Gasteiger partial charge in [-0.1, -0.05) is 91.0 Å². The van der Waals surface area contributed by atoms with Crippen LogP contribution in [0, 0.1) is 0 Å². The fraction of sp³-hybridized carbons (Fsp3) is 0.0909. The van der Waals surface area contributed by atoms with Crippen LogP contribution >= 0.6 is 8.86 Å². The molecule has 0 aliphatic carbocycles. The molecule has 1 unspecified atom stereocenters. The highest BCUT2D eigenvalue weighted by atomic mass is 31.0. The average Bonchev–Trinajstić information content (AvgIpc) is 2.68. The van der Waals surface area contributed by atoms with Crippen molar-refractivity contribution in [3.05, 3.63) is 108 Å². The van der Waals surface area contributed by atoms with Gasteiger partial charge in [0.25, 0.3) is 0 Å². The molecule has 0 aromatic heterocycles. The summed E-state index contributed by atoms with van der Waals surface area (Å²) in [5, 5.41) is 0. The summed E-state index contributed by atoms with van der Waals surface area (Å²) in [6.07, 6.45) is 0.624. The first-order valence-electron chi connectivity index (χ1n) is 8.03. The van der Waals surface area contributed by atoms with Crippen molar-refractivity contribution < 1.29 is 4.79 Å². The van der Waals surface area contributed by atoms with E-state index in [1.54, 1.807) is 0 Å². The Labute approximate surface area is 145 Å². The SMILES string of the molecule is O=C(c1ccccc1)C(CC=[PH2+])(c1ccccc1)c1ccccc1. The van der Waals surface area contributed by atoms with Crippen molar-refractivity contribution >= 4 is 20.4 Å². The van der Waals surface area contributed by atoms with Gasteiger partial charge >= 0.3 is 0 Å². The molecule has 1 atom stereocenters. The van der Waals surface area contributed by atoms with Crippen LogP contribution in [0.25, 0.3) is 0 Å². The first-order valence-corrected chi connectivity index (χ1v) is 8.70. The Morgan fingerprint density at radius 2 is 1.17 bits per heavy atom. The molecule has 0 amide bonds. The van der Waals surface area contributed by atoms with Gasteiger partial charge < -0.3 is 0 Å². The van der Waals surface area contributed by atoms with E-state index in [1.807, 2.05) is 96.8 Å². The van der Waals surface area contributed by atoms with Gasteiger partial charge in [-0.2, -0.15) is 0 Å². The maximum absolute atomic E-state index is 13.6. The number of carbonyl (C=O) groups excluding carboxylic acids is 1. The third-order valence-corrected chi connectivity index (χ3v) is 4.62. The summed E-state index contributed by atoms with van der Waals surface area (Å²) in [6.45, 7) is 0. The van der Waals surface area contributed by atoms with E-state index in [4.69, 9.17) is 0 Å². The highest BCUT2D eigenvalue weighted by Crippen LogP contribution is 2.38. The first-order chi connectivity index (χ1) is 11.8. The average molecular weight is 331 g/mol. The lowest BCUT2D eigenvalue weighted by atomic mass is 9.68. The number of carbonyl (C=O) groups is 1. The molecule has 0 fully saturated rings. The van der Waals surface area contributed by atoms with Crippen LogP contribution < -0.4 is 0 Å². The topological polar surface area (TPSA) is 17.1 Å². The summed E-state index contributed by atoms with van der Waals surface area (Å²) in [7, 11) is 2.65. The molecule has 0 radical (unpaired) electrons. The predicted octanol–water partition coefficient (Wildman–Crippen LogP) is 4.92. The lowest BCUT2D eigenvalue weighted by Crippen LogP contribution is -2.37. The maximum Gasteiger partial charge on any atom is 0.178 e. The van der Waals surface area contributed by atoms with Crippen molar-refractivity contribution in [2.45, 2.75) is 11.8 Å². The zero-order chi connectivity index (χ0) is 16.8. The minimum absolute atomic E-state index is 0.124. The Hall–Kier alpha value is -2.50. The molecule has 0 bridgehead atoms. The lowest BCUT2D eigenvalue weighted by Gasteiger charge is -2.32. The van der Waals surface area contributed by atoms with Gasteiger partial charge in [0.15, 0.2) is 5.78 Å². The van der Waals surface area contributed by atoms with Crippen LogP contribution in [-0.2, 0) is 5.41 Å². The van der Waals surface area contributed by atoms with E-state index in [0.29, 0.717) is 6.42 Å². The number of hydrogen-bond donors (Lipinski definition) is 0. The summed E-state index contributed by atoms with van der Waals surface area (Å²) in [6, 6.07) is 29.7. The molecule has 2 heteroatoms. The van der Waals surface area contributed by atoms with Crippen molar-refractivity contribution in [1.82, 2.24) is 0 Å². The van der Waals surface area contributed by atoms with Gasteiger partial charge in [-0.3, -0.25) is 4.79 Å². The van der Waals surface area contributed by atoms with E-state index >= 15 is 0 Å². The van der Waals surface area contributed by atoms with E-state index in [0.717, 1.165) is 16.7 Å². The summed E-state index contributed by atoms with van der Waals surface area (Å²) in [5.41, 5.74) is 2.05. The molecule has 0 spiro atoms. The number of Topliss-reactive ketones (excluding diaryl/α,β-unsaturated/α-hetero) is 1. The Morgan fingerprint density at radius 3 is 1.58 bits per heavy atom. The van der Waals surface area contributed by atoms with Crippen molar-refractivity contribution in [1.29, 1.82) is 0 Å². The summed E-state index contributed by atoms with van der Waals surface area (Å²) in [4.78, 5) is 13.6. The van der Waals surface area contributed by atoms with Gasteiger partial charge in [0, 0.05) is 12.0 Å². The van der Waals surface area contributed by atoms with Crippen LogP contribution in [0.1, 0.15) is 27.9 Å². The normalized spacial score (nSPS) is 11.0. The van der Waals surface area contributed by atoms with E-state index in [-0.39, 0.29) is 5.78 Å². The van der Waals surface area contributed by atoms with Crippen LogP contribution in [0.4, 0.5) is 0 Å². The van der Waals surface area contributed by atoms with Gasteiger partial charge in [0.2, 0.25) is 0 Å². The molecule has 118 valence electrons. The van der Waals surface area contributed by atoms with Crippen LogP contribution in [0.3, 0.4) is 0 Å². The predicted molar refractivity (Wildman–Crippen MR) is 105 cm³/mol. The molecule has 3 rings (SSSR count). The third-order valence-electron chi connectivity index (χ3n) is 4.38. The molecule has 0 aliphatic heterocycles. The largest absolute Gasteiger partial charge is 0.293 e. The van der Waals surface area contributed by atoms with Crippen LogP contribution in [-0.4, -0.2) is 11.6 Å². The molecule has 0 heterocycles. The first kappa shape index (κ1) is 16.4. The third kappa shape index (κ3) is 2.96. The van der Waals surface area contributed by atoms with Crippen molar-refractivity contribution in [3.63, 3.8) is 0 Å². The number of benzene rings is 3. The second-order valence-electron chi connectivity index (χ2n) is 5.77. The molecular formula is C22H20OP+. The number of hydrogen-bond acceptors (Lipinski definition) is 1. The molecule has 0 aliphatic rings. The monoisotopic (exact) mass is 331 g/mol. The molecular weight excluding hydrogens is 311 g/mol. The van der Waals surface area contributed by atoms with E-state index in [2.05, 4.69) is 8.86 Å². The molecule has 0 saturated heterocycles. The fourth-order valence-corrected chi connectivity index (χ4v) is 3.57. The molecule has 0 saturated carbocycles. The Kier molecular flexibility index (Phi) is 5.03. The fourth-order valence-electron chi connectivity index (χ4n) is 3.22. The highest BCUT2D eigenvalue weighted by Gasteiger charge is 2.41. The number of ketones is 1. The van der Waals surface area contributed by atoms with E-state index < -0.39 is 5.41 Å². The second kappa shape index (κ2) is 7.38. The number of rotatable bonds is 6. The summed E-state index contributed by atoms with van der Waals surface area (Å²) in [5.74, 6) is 2.13. The van der Waals surface area contributed by atoms with E-state index in [1.165, 1.54) is 0 Å².